The molecule has 12 heavy (non-hydrogen) atoms. The minimum Gasteiger partial charge on any atom is -0.131 e. The third-order valence-electron chi connectivity index (χ3n) is 1.57. The molecule has 0 heterocycles. The van der Waals surface area contributed by atoms with Gasteiger partial charge in [0.05, 0.1) is 3.92 Å². The van der Waals surface area contributed by atoms with Crippen LogP contribution in [0, 0.1) is 0 Å². The predicted octanol–water partition coefficient (Wildman–Crippen LogP) is 3.85. The van der Waals surface area contributed by atoms with Crippen molar-refractivity contribution in [3.05, 3.63) is 34.1 Å². The molecule has 1 rings (SSSR count). The van der Waals surface area contributed by atoms with Crippen molar-refractivity contribution < 1.29 is 0 Å². The third kappa shape index (κ3) is 2.57. The minimum absolute atomic E-state index is 0.537. The van der Waals surface area contributed by atoms with E-state index in [-0.39, 0.29) is 0 Å². The number of allylic oxidation sites excluding steroid dienone is 5. The fourth-order valence-corrected chi connectivity index (χ4v) is 4.16. The minimum atomic E-state index is 0.537. The van der Waals surface area contributed by atoms with E-state index in [0.29, 0.717) is 3.92 Å². The number of halogens is 1. The molecule has 1 aliphatic carbocycles. The lowest BCUT2D eigenvalue weighted by atomic mass is 10.4. The van der Waals surface area contributed by atoms with Crippen molar-refractivity contribution in [1.29, 1.82) is 0 Å². The van der Waals surface area contributed by atoms with Crippen molar-refractivity contribution in [3.8, 4) is 0 Å². The molecule has 1 unspecified atom stereocenters. The maximum Gasteiger partial charge on any atom is 0.0612 e. The van der Waals surface area contributed by atoms with Crippen molar-refractivity contribution in [2.24, 2.45) is 0 Å². The van der Waals surface area contributed by atoms with Crippen LogP contribution in [0.4, 0.5) is 0 Å². The van der Waals surface area contributed by atoms with E-state index in [1.54, 1.807) is 0 Å². The lowest BCUT2D eigenvalue weighted by molar-refractivity contribution is 1.44. The van der Waals surface area contributed by atoms with Crippen molar-refractivity contribution in [2.45, 2.75) is 3.92 Å². The molecule has 0 amide bonds. The van der Waals surface area contributed by atoms with Crippen LogP contribution in [0.15, 0.2) is 34.1 Å². The van der Waals surface area contributed by atoms with Crippen LogP contribution < -0.4 is 0 Å². The van der Waals surface area contributed by atoms with Gasteiger partial charge in [0, 0.05) is 9.81 Å². The Labute approximate surface area is 96.1 Å². The van der Waals surface area contributed by atoms with Gasteiger partial charge in [-0.25, -0.2) is 0 Å². The molecular weight excluding hydrogens is 299 g/mol. The highest BCUT2D eigenvalue weighted by Crippen LogP contribution is 2.34. The van der Waals surface area contributed by atoms with E-state index >= 15 is 0 Å². The molecule has 0 aromatic carbocycles. The zero-order valence-corrected chi connectivity index (χ0v) is 10.9. The summed E-state index contributed by atoms with van der Waals surface area (Å²) < 4.78 is 0.537. The highest BCUT2D eigenvalue weighted by Gasteiger charge is 2.11. The van der Waals surface area contributed by atoms with Gasteiger partial charge < -0.3 is 0 Å². The zero-order chi connectivity index (χ0) is 8.97. The second-order valence-electron chi connectivity index (χ2n) is 2.28. The molecule has 0 saturated carbocycles. The lowest BCUT2D eigenvalue weighted by Crippen LogP contribution is -1.95. The van der Waals surface area contributed by atoms with Gasteiger partial charge in [-0.2, -0.15) is 0 Å². The Morgan fingerprint density at radius 2 is 2.00 bits per heavy atom. The van der Waals surface area contributed by atoms with Gasteiger partial charge in [0.2, 0.25) is 0 Å². The highest BCUT2D eigenvalue weighted by atomic mass is 127. The van der Waals surface area contributed by atoms with E-state index < -0.39 is 0 Å². The molecule has 0 spiro atoms. The Kier molecular flexibility index (Phi) is 4.82. The average Bonchev–Trinajstić information content (AvgIpc) is 2.26. The van der Waals surface area contributed by atoms with Crippen LogP contribution in [0.3, 0.4) is 0 Å². The van der Waals surface area contributed by atoms with E-state index in [0.717, 1.165) is 0 Å². The summed E-state index contributed by atoms with van der Waals surface area (Å²) in [7, 11) is 0. The molecule has 1 aliphatic rings. The van der Waals surface area contributed by atoms with E-state index in [9.17, 15) is 0 Å². The summed E-state index contributed by atoms with van der Waals surface area (Å²) in [6, 6.07) is 0. The molecule has 0 nitrogen and oxygen atoms in total. The van der Waals surface area contributed by atoms with Crippen LogP contribution >= 0.6 is 46.1 Å². The zero-order valence-electron chi connectivity index (χ0n) is 7.08. The van der Waals surface area contributed by atoms with E-state index in [4.69, 9.17) is 0 Å². The summed E-state index contributed by atoms with van der Waals surface area (Å²) in [4.78, 5) is 2.86. The summed E-state index contributed by atoms with van der Waals surface area (Å²) in [5, 5.41) is 0. The van der Waals surface area contributed by atoms with Crippen molar-refractivity contribution in [1.82, 2.24) is 0 Å². The highest BCUT2D eigenvalue weighted by molar-refractivity contribution is 14.1. The number of hydrogen-bond donors (Lipinski definition) is 0. The van der Waals surface area contributed by atoms with Gasteiger partial charge in [-0.15, -0.1) is 23.5 Å². The number of alkyl halides is 1. The monoisotopic (exact) mass is 310 g/mol. The predicted molar refractivity (Wildman–Crippen MR) is 70.1 cm³/mol. The number of thioether (sulfide) groups is 2. The standard InChI is InChI=1S/C9H11IS2/c1-11-8-6-4-3-5-7(10)9(8)12-2/h3-7H,1-2H3. The summed E-state index contributed by atoms with van der Waals surface area (Å²) in [6.07, 6.45) is 12.9. The molecule has 0 radical (unpaired) electrons. The van der Waals surface area contributed by atoms with Gasteiger partial charge in [0.1, 0.15) is 0 Å². The average molecular weight is 310 g/mol. The fraction of sp³-hybridized carbons (Fsp3) is 0.333. The topological polar surface area (TPSA) is 0 Å². The van der Waals surface area contributed by atoms with Crippen molar-refractivity contribution >= 4 is 46.1 Å². The molecule has 66 valence electrons. The Balaban J connectivity index is 2.98. The molecule has 0 aliphatic heterocycles. The smallest absolute Gasteiger partial charge is 0.0612 e. The Hall–Kier alpha value is 0.650. The van der Waals surface area contributed by atoms with Crippen LogP contribution in [0.25, 0.3) is 0 Å². The first-order valence-corrected chi connectivity index (χ1v) is 7.30. The van der Waals surface area contributed by atoms with Gasteiger partial charge in [-0.1, -0.05) is 40.8 Å². The Morgan fingerprint density at radius 1 is 1.25 bits per heavy atom. The van der Waals surface area contributed by atoms with E-state index in [1.807, 2.05) is 23.5 Å². The molecule has 3 heteroatoms. The Bertz CT molecular complexity index is 241. The van der Waals surface area contributed by atoms with Gasteiger partial charge in [0.25, 0.3) is 0 Å². The van der Waals surface area contributed by atoms with Gasteiger partial charge in [-0.05, 0) is 18.6 Å². The maximum absolute atomic E-state index is 2.46. The molecule has 0 saturated heterocycles. The largest absolute Gasteiger partial charge is 0.131 e. The Morgan fingerprint density at radius 3 is 2.58 bits per heavy atom. The van der Waals surface area contributed by atoms with Crippen LogP contribution in [-0.4, -0.2) is 16.4 Å². The molecule has 0 N–H and O–H groups in total. The SMILES string of the molecule is CSC1=C(SC)C(I)C=CC=C1. The summed E-state index contributed by atoms with van der Waals surface area (Å²) in [6.45, 7) is 0. The fourth-order valence-electron chi connectivity index (χ4n) is 0.992. The quantitative estimate of drug-likeness (QED) is 0.561. The van der Waals surface area contributed by atoms with Gasteiger partial charge in [-0.3, -0.25) is 0 Å². The van der Waals surface area contributed by atoms with Gasteiger partial charge >= 0.3 is 0 Å². The molecule has 0 aromatic rings. The normalized spacial score (nSPS) is 23.1. The second kappa shape index (κ2) is 5.40. The first-order valence-electron chi connectivity index (χ1n) is 3.60. The van der Waals surface area contributed by atoms with Gasteiger partial charge in [0.15, 0.2) is 0 Å². The maximum atomic E-state index is 2.46. The summed E-state index contributed by atoms with van der Waals surface area (Å²) >= 11 is 6.13. The first-order chi connectivity index (χ1) is 5.79. The lowest BCUT2D eigenvalue weighted by Gasteiger charge is -2.09. The van der Waals surface area contributed by atoms with Crippen molar-refractivity contribution in [3.63, 3.8) is 0 Å². The van der Waals surface area contributed by atoms with E-state index in [1.165, 1.54) is 9.81 Å². The summed E-state index contributed by atoms with van der Waals surface area (Å²) in [5.41, 5.74) is 0. The number of hydrogen-bond acceptors (Lipinski definition) is 2. The van der Waals surface area contributed by atoms with Crippen LogP contribution in [0.2, 0.25) is 0 Å². The van der Waals surface area contributed by atoms with Crippen LogP contribution in [-0.2, 0) is 0 Å². The first kappa shape index (κ1) is 10.7. The number of rotatable bonds is 2. The molecule has 0 aromatic heterocycles. The second-order valence-corrected chi connectivity index (χ2v) is 5.32. The molecule has 0 fully saturated rings. The van der Waals surface area contributed by atoms with Crippen LogP contribution in [0.1, 0.15) is 0 Å². The molecular formula is C9H11IS2. The van der Waals surface area contributed by atoms with E-state index in [2.05, 4.69) is 59.4 Å². The summed E-state index contributed by atoms with van der Waals surface area (Å²) in [5.74, 6) is 0. The molecule has 0 bridgehead atoms. The third-order valence-corrected chi connectivity index (χ3v) is 4.87. The van der Waals surface area contributed by atoms with Crippen LogP contribution in [0.5, 0.6) is 0 Å². The van der Waals surface area contributed by atoms with Crippen molar-refractivity contribution in [2.75, 3.05) is 12.5 Å². The molecule has 1 atom stereocenters.